The van der Waals surface area contributed by atoms with Crippen LogP contribution in [0.15, 0.2) is 95.7 Å². The molecule has 0 aliphatic rings. The van der Waals surface area contributed by atoms with E-state index in [-0.39, 0.29) is 5.91 Å². The molecule has 0 spiro atoms. The van der Waals surface area contributed by atoms with Crippen LogP contribution in [0, 0.1) is 0 Å². The van der Waals surface area contributed by atoms with Crippen molar-refractivity contribution in [2.24, 2.45) is 4.99 Å². The summed E-state index contributed by atoms with van der Waals surface area (Å²) >= 11 is 0. The molecule has 0 aliphatic heterocycles. The Morgan fingerprint density at radius 2 is 1.96 bits per heavy atom. The molecule has 0 unspecified atom stereocenters. The maximum Gasteiger partial charge on any atom is 0.244 e. The van der Waals surface area contributed by atoms with Gasteiger partial charge < -0.3 is 10.6 Å². The van der Waals surface area contributed by atoms with Crippen molar-refractivity contribution in [3.05, 3.63) is 96.3 Å². The minimum absolute atomic E-state index is 0.174. The number of amides is 1. The molecule has 5 heteroatoms. The van der Waals surface area contributed by atoms with Gasteiger partial charge in [-0.05, 0) is 38.0 Å². The maximum atomic E-state index is 12.7. The van der Waals surface area contributed by atoms with Crippen LogP contribution < -0.4 is 10.6 Å². The van der Waals surface area contributed by atoms with Crippen molar-refractivity contribution in [1.29, 1.82) is 0 Å². The van der Waals surface area contributed by atoms with Gasteiger partial charge in [-0.25, -0.2) is 4.39 Å². The number of carbonyl (C=O) groups excluding carboxylic acids is 1. The second-order valence-corrected chi connectivity index (χ2v) is 5.57. The van der Waals surface area contributed by atoms with Crippen LogP contribution in [0.25, 0.3) is 0 Å². The first-order valence-electron chi connectivity index (χ1n) is 8.70. The molecule has 1 rings (SSSR count). The van der Waals surface area contributed by atoms with E-state index in [9.17, 15) is 9.18 Å². The molecular weight excluding hydrogens is 341 g/mol. The first kappa shape index (κ1) is 21.8. The average Bonchev–Trinajstić information content (AvgIpc) is 2.70. The smallest absolute Gasteiger partial charge is 0.244 e. The van der Waals surface area contributed by atoms with Gasteiger partial charge in [0.2, 0.25) is 5.91 Å². The third kappa shape index (κ3) is 11.1. The number of carbonyl (C=O) groups is 1. The first-order valence-corrected chi connectivity index (χ1v) is 8.70. The minimum atomic E-state index is -0.174. The summed E-state index contributed by atoms with van der Waals surface area (Å²) in [4.78, 5) is 15.6. The fourth-order valence-electron chi connectivity index (χ4n) is 1.87. The minimum Gasteiger partial charge on any atom is -0.358 e. The van der Waals surface area contributed by atoms with E-state index in [2.05, 4.69) is 15.6 Å². The van der Waals surface area contributed by atoms with Crippen LogP contribution in [0.1, 0.15) is 19.4 Å². The molecule has 0 fully saturated rings. The lowest BCUT2D eigenvalue weighted by atomic mass is 10.1. The molecule has 0 radical (unpaired) electrons. The van der Waals surface area contributed by atoms with Gasteiger partial charge in [-0.15, -0.1) is 0 Å². The Morgan fingerprint density at radius 1 is 1.19 bits per heavy atom. The molecule has 27 heavy (non-hydrogen) atoms. The molecule has 142 valence electrons. The largest absolute Gasteiger partial charge is 0.358 e. The standard InChI is InChI=1S/C22H26FN3O/c1-3-19(2)11-12-21(18-23)25-17-16-24-14-7-10-22(27)26-15-13-20-8-5-4-6-9-20/h3-12,14,16-18,25H,13,15H2,1-2H3,(H,26,27)/b10-7+,12-11-,17-16+,19-3-,21-18-,24-14+. The Balaban J connectivity index is 2.27. The third-order valence-corrected chi connectivity index (χ3v) is 3.48. The SMILES string of the molecule is C\C=C(C)/C=C\C(=C\F)N/C=C/N=C/C=C/C(=O)NCCc1ccccc1. The molecule has 4 nitrogen and oxygen atoms in total. The zero-order chi connectivity index (χ0) is 19.7. The Hall–Kier alpha value is -3.21. The fourth-order valence-corrected chi connectivity index (χ4v) is 1.87. The number of allylic oxidation sites excluding steroid dienone is 5. The number of benzene rings is 1. The Labute approximate surface area is 160 Å². The summed E-state index contributed by atoms with van der Waals surface area (Å²) in [5.74, 6) is -0.174. The molecule has 0 saturated heterocycles. The highest BCUT2D eigenvalue weighted by Crippen LogP contribution is 1.99. The van der Waals surface area contributed by atoms with E-state index in [1.165, 1.54) is 30.3 Å². The Morgan fingerprint density at radius 3 is 2.67 bits per heavy atom. The van der Waals surface area contributed by atoms with E-state index in [4.69, 9.17) is 0 Å². The average molecular weight is 367 g/mol. The van der Waals surface area contributed by atoms with Crippen molar-refractivity contribution in [2.75, 3.05) is 6.54 Å². The van der Waals surface area contributed by atoms with Crippen LogP contribution in [0.2, 0.25) is 0 Å². The number of halogens is 1. The van der Waals surface area contributed by atoms with Crippen LogP contribution in [0.3, 0.4) is 0 Å². The van der Waals surface area contributed by atoms with Gasteiger partial charge >= 0.3 is 0 Å². The highest BCUT2D eigenvalue weighted by molar-refractivity contribution is 5.91. The van der Waals surface area contributed by atoms with Gasteiger partial charge in [-0.1, -0.05) is 48.1 Å². The van der Waals surface area contributed by atoms with Crippen molar-refractivity contribution in [3.63, 3.8) is 0 Å². The van der Waals surface area contributed by atoms with Gasteiger partial charge in [-0.3, -0.25) is 9.79 Å². The Bertz CT molecular complexity index is 744. The predicted molar refractivity (Wildman–Crippen MR) is 111 cm³/mol. The number of aliphatic imine (C=N–C) groups is 1. The molecule has 0 aromatic heterocycles. The van der Waals surface area contributed by atoms with Crippen molar-refractivity contribution in [1.82, 2.24) is 10.6 Å². The van der Waals surface area contributed by atoms with E-state index in [1.54, 1.807) is 18.2 Å². The number of hydrogen-bond acceptors (Lipinski definition) is 3. The van der Waals surface area contributed by atoms with Crippen LogP contribution in [-0.4, -0.2) is 18.7 Å². The maximum absolute atomic E-state index is 12.7. The lowest BCUT2D eigenvalue weighted by Crippen LogP contribution is -2.23. The zero-order valence-corrected chi connectivity index (χ0v) is 15.7. The van der Waals surface area contributed by atoms with E-state index >= 15 is 0 Å². The number of hydrogen-bond donors (Lipinski definition) is 2. The summed E-state index contributed by atoms with van der Waals surface area (Å²) < 4.78 is 12.7. The monoisotopic (exact) mass is 367 g/mol. The van der Waals surface area contributed by atoms with Crippen molar-refractivity contribution in [2.45, 2.75) is 20.3 Å². The summed E-state index contributed by atoms with van der Waals surface area (Å²) in [5.41, 5.74) is 2.53. The molecule has 0 atom stereocenters. The summed E-state index contributed by atoms with van der Waals surface area (Å²) in [5, 5.41) is 5.57. The lowest BCUT2D eigenvalue weighted by Gasteiger charge is -2.01. The van der Waals surface area contributed by atoms with Gasteiger partial charge in [0, 0.05) is 31.2 Å². The number of rotatable bonds is 10. The molecule has 1 aromatic carbocycles. The topological polar surface area (TPSA) is 53.5 Å². The summed E-state index contributed by atoms with van der Waals surface area (Å²) in [6.45, 7) is 4.42. The van der Waals surface area contributed by atoms with Crippen molar-refractivity contribution >= 4 is 12.1 Å². The van der Waals surface area contributed by atoms with Gasteiger partial charge in [-0.2, -0.15) is 0 Å². The zero-order valence-electron chi connectivity index (χ0n) is 15.7. The molecule has 0 bridgehead atoms. The molecule has 2 N–H and O–H groups in total. The number of nitrogens with zero attached hydrogens (tertiary/aromatic N) is 1. The van der Waals surface area contributed by atoms with Gasteiger partial charge in [0.25, 0.3) is 0 Å². The molecule has 1 amide bonds. The molecule has 0 saturated carbocycles. The normalized spacial score (nSPS) is 13.3. The molecule has 1 aromatic rings. The van der Waals surface area contributed by atoms with E-state index < -0.39 is 0 Å². The highest BCUT2D eigenvalue weighted by atomic mass is 19.1. The van der Waals surface area contributed by atoms with Crippen LogP contribution >= 0.6 is 0 Å². The second kappa shape index (κ2) is 14.0. The van der Waals surface area contributed by atoms with Crippen molar-refractivity contribution in [3.8, 4) is 0 Å². The molecule has 0 heterocycles. The summed E-state index contributed by atoms with van der Waals surface area (Å²) in [7, 11) is 0. The number of nitrogens with one attached hydrogen (secondary N) is 2. The summed E-state index contributed by atoms with van der Waals surface area (Å²) in [6.07, 6.45) is 14.0. The first-order chi connectivity index (χ1) is 13.2. The summed E-state index contributed by atoms with van der Waals surface area (Å²) in [6, 6.07) is 9.96. The lowest BCUT2D eigenvalue weighted by molar-refractivity contribution is -0.116. The third-order valence-electron chi connectivity index (χ3n) is 3.48. The highest BCUT2D eigenvalue weighted by Gasteiger charge is 1.95. The predicted octanol–water partition coefficient (Wildman–Crippen LogP) is 4.37. The van der Waals surface area contributed by atoms with Crippen LogP contribution in [0.5, 0.6) is 0 Å². The van der Waals surface area contributed by atoms with Gasteiger partial charge in [0.05, 0.1) is 5.70 Å². The Kier molecular flexibility index (Phi) is 11.3. The molecule has 0 aliphatic carbocycles. The quantitative estimate of drug-likeness (QED) is 0.367. The van der Waals surface area contributed by atoms with Gasteiger partial charge in [0.1, 0.15) is 6.33 Å². The molecular formula is C22H26FN3O. The van der Waals surface area contributed by atoms with E-state index in [1.807, 2.05) is 50.3 Å². The fraction of sp³-hybridized carbons (Fsp3) is 0.182. The van der Waals surface area contributed by atoms with Crippen molar-refractivity contribution < 1.29 is 9.18 Å². The van der Waals surface area contributed by atoms with Gasteiger partial charge in [0.15, 0.2) is 0 Å². The van der Waals surface area contributed by atoms with Crippen LogP contribution in [-0.2, 0) is 11.2 Å². The van der Waals surface area contributed by atoms with Crippen LogP contribution in [0.4, 0.5) is 4.39 Å². The van der Waals surface area contributed by atoms with E-state index in [0.717, 1.165) is 12.0 Å². The van der Waals surface area contributed by atoms with E-state index in [0.29, 0.717) is 18.6 Å². The second-order valence-electron chi connectivity index (χ2n) is 5.57.